The fraction of sp³-hybridized carbons (Fsp3) is 0.667. The second kappa shape index (κ2) is 10.8. The van der Waals surface area contributed by atoms with E-state index < -0.39 is 36.3 Å². The maximum atomic E-state index is 11.5. The number of likely N-dealkylation sites (N-methyl/N-ethyl adjacent to an activating group) is 1. The summed E-state index contributed by atoms with van der Waals surface area (Å²) in [7, 11) is 1.11. The van der Waals surface area contributed by atoms with Crippen molar-refractivity contribution in [3.05, 3.63) is 0 Å². The zero-order valence-corrected chi connectivity index (χ0v) is 12.1. The van der Waals surface area contributed by atoms with Gasteiger partial charge >= 0.3 is 23.8 Å². The molecule has 1 atom stereocenters. The standard InChI is InChI=1S/C10H15NO7.C2H6/c1-3-18-10(17)8(14)11(2)6(9(15)16)4-5-7(12)13;1-2/h6H,3-5H2,1-2H3,(H,12,13)(H,15,16);1-2H3. The number of rotatable bonds is 6. The summed E-state index contributed by atoms with van der Waals surface area (Å²) in [6, 6.07) is -1.38. The molecule has 20 heavy (non-hydrogen) atoms. The van der Waals surface area contributed by atoms with E-state index >= 15 is 0 Å². The SMILES string of the molecule is CC.CCOC(=O)C(=O)N(C)C(CCC(=O)O)C(=O)O. The molecule has 0 aliphatic rings. The lowest BCUT2D eigenvalue weighted by atomic mass is 10.1. The van der Waals surface area contributed by atoms with E-state index in [0.717, 1.165) is 7.05 Å². The van der Waals surface area contributed by atoms with Gasteiger partial charge in [0.2, 0.25) is 0 Å². The number of carbonyl (C=O) groups excluding carboxylic acids is 2. The highest BCUT2D eigenvalue weighted by Crippen LogP contribution is 2.07. The van der Waals surface area contributed by atoms with Crippen molar-refractivity contribution in [1.82, 2.24) is 4.90 Å². The van der Waals surface area contributed by atoms with Crippen LogP contribution in [0.4, 0.5) is 0 Å². The van der Waals surface area contributed by atoms with E-state index in [9.17, 15) is 19.2 Å². The van der Waals surface area contributed by atoms with E-state index in [1.807, 2.05) is 13.8 Å². The van der Waals surface area contributed by atoms with Gasteiger partial charge in [0.25, 0.3) is 0 Å². The molecule has 0 bridgehead atoms. The van der Waals surface area contributed by atoms with Gasteiger partial charge in [-0.2, -0.15) is 0 Å². The van der Waals surface area contributed by atoms with E-state index in [-0.39, 0.29) is 13.0 Å². The Morgan fingerprint density at radius 2 is 1.65 bits per heavy atom. The highest BCUT2D eigenvalue weighted by atomic mass is 16.5. The molecule has 2 N–H and O–H groups in total. The van der Waals surface area contributed by atoms with Gasteiger partial charge in [0.15, 0.2) is 0 Å². The third-order valence-corrected chi connectivity index (χ3v) is 2.15. The molecule has 0 radical (unpaired) electrons. The number of hydrogen-bond donors (Lipinski definition) is 2. The summed E-state index contributed by atoms with van der Waals surface area (Å²) in [6.45, 7) is 5.50. The second-order valence-electron chi connectivity index (χ2n) is 3.42. The summed E-state index contributed by atoms with van der Waals surface area (Å²) in [5.41, 5.74) is 0. The molecule has 0 aliphatic carbocycles. The summed E-state index contributed by atoms with van der Waals surface area (Å²) in [5.74, 6) is -4.84. The van der Waals surface area contributed by atoms with Crippen molar-refractivity contribution in [2.45, 2.75) is 39.7 Å². The average Bonchev–Trinajstić information content (AvgIpc) is 2.39. The Labute approximate surface area is 117 Å². The number of ether oxygens (including phenoxy) is 1. The molecule has 0 saturated heterocycles. The van der Waals surface area contributed by atoms with E-state index in [4.69, 9.17) is 10.2 Å². The zero-order valence-electron chi connectivity index (χ0n) is 12.1. The van der Waals surface area contributed by atoms with Gasteiger partial charge in [-0.15, -0.1) is 0 Å². The molecule has 8 nitrogen and oxygen atoms in total. The van der Waals surface area contributed by atoms with E-state index in [2.05, 4.69) is 4.74 Å². The number of aliphatic carboxylic acids is 2. The number of nitrogens with zero attached hydrogens (tertiary/aromatic N) is 1. The minimum absolute atomic E-state index is 0.00865. The highest BCUT2D eigenvalue weighted by Gasteiger charge is 2.31. The van der Waals surface area contributed by atoms with E-state index in [1.54, 1.807) is 0 Å². The monoisotopic (exact) mass is 291 g/mol. The molecule has 0 heterocycles. The predicted octanol–water partition coefficient (Wildman–Crippen LogP) is 0.352. The van der Waals surface area contributed by atoms with Gasteiger partial charge in [-0.3, -0.25) is 9.59 Å². The third kappa shape index (κ3) is 7.34. The van der Waals surface area contributed by atoms with Gasteiger partial charge in [-0.05, 0) is 13.3 Å². The van der Waals surface area contributed by atoms with Crippen molar-refractivity contribution in [3.63, 3.8) is 0 Å². The fourth-order valence-electron chi connectivity index (χ4n) is 1.22. The lowest BCUT2D eigenvalue weighted by Crippen LogP contribution is -2.46. The molecule has 0 aromatic carbocycles. The number of carboxylic acid groups (broad SMARTS) is 2. The number of hydrogen-bond acceptors (Lipinski definition) is 5. The van der Waals surface area contributed by atoms with Crippen LogP contribution in [-0.2, 0) is 23.9 Å². The third-order valence-electron chi connectivity index (χ3n) is 2.15. The number of carboxylic acids is 2. The van der Waals surface area contributed by atoms with Crippen LogP contribution in [-0.4, -0.2) is 58.6 Å². The Morgan fingerprint density at radius 3 is 2.00 bits per heavy atom. The zero-order chi connectivity index (χ0) is 16.3. The summed E-state index contributed by atoms with van der Waals surface area (Å²) in [6.07, 6.45) is -0.705. The topological polar surface area (TPSA) is 121 Å². The van der Waals surface area contributed by atoms with Crippen LogP contribution in [0.3, 0.4) is 0 Å². The molecule has 1 amide bonds. The lowest BCUT2D eigenvalue weighted by molar-refractivity contribution is -0.163. The van der Waals surface area contributed by atoms with Crippen LogP contribution in [0.1, 0.15) is 33.6 Å². The van der Waals surface area contributed by atoms with Crippen molar-refractivity contribution >= 4 is 23.8 Å². The summed E-state index contributed by atoms with van der Waals surface area (Å²) >= 11 is 0. The van der Waals surface area contributed by atoms with Gasteiger partial charge < -0.3 is 19.8 Å². The maximum absolute atomic E-state index is 11.5. The normalized spacial score (nSPS) is 10.6. The fourth-order valence-corrected chi connectivity index (χ4v) is 1.22. The number of esters is 1. The molecule has 0 spiro atoms. The van der Waals surface area contributed by atoms with Crippen molar-refractivity contribution in [2.24, 2.45) is 0 Å². The molecule has 116 valence electrons. The Bertz CT molecular complexity index is 354. The molecular formula is C12H21NO7. The minimum atomic E-state index is -1.38. The minimum Gasteiger partial charge on any atom is -0.481 e. The Kier molecular flexibility index (Phi) is 10.9. The van der Waals surface area contributed by atoms with Gasteiger partial charge in [-0.25, -0.2) is 9.59 Å². The van der Waals surface area contributed by atoms with Crippen molar-refractivity contribution in [2.75, 3.05) is 13.7 Å². The van der Waals surface area contributed by atoms with Crippen LogP contribution < -0.4 is 0 Å². The Hall–Kier alpha value is -2.12. The van der Waals surface area contributed by atoms with Crippen LogP contribution in [0.15, 0.2) is 0 Å². The van der Waals surface area contributed by atoms with Gasteiger partial charge in [0.05, 0.1) is 6.61 Å². The largest absolute Gasteiger partial charge is 0.481 e. The van der Waals surface area contributed by atoms with Crippen LogP contribution in [0.5, 0.6) is 0 Å². The summed E-state index contributed by atoms with van der Waals surface area (Å²) < 4.78 is 4.44. The van der Waals surface area contributed by atoms with E-state index in [1.165, 1.54) is 6.92 Å². The molecule has 0 rings (SSSR count). The molecule has 1 unspecified atom stereocenters. The summed E-state index contributed by atoms with van der Waals surface area (Å²) in [4.78, 5) is 44.5. The van der Waals surface area contributed by atoms with Gasteiger partial charge in [0.1, 0.15) is 6.04 Å². The Morgan fingerprint density at radius 1 is 1.15 bits per heavy atom. The lowest BCUT2D eigenvalue weighted by Gasteiger charge is -2.23. The Balaban J connectivity index is 0. The van der Waals surface area contributed by atoms with Crippen LogP contribution >= 0.6 is 0 Å². The van der Waals surface area contributed by atoms with Crippen LogP contribution in [0, 0.1) is 0 Å². The van der Waals surface area contributed by atoms with Gasteiger partial charge in [0, 0.05) is 13.5 Å². The van der Waals surface area contributed by atoms with Crippen molar-refractivity contribution in [1.29, 1.82) is 0 Å². The van der Waals surface area contributed by atoms with Crippen molar-refractivity contribution in [3.8, 4) is 0 Å². The predicted molar refractivity (Wildman–Crippen MR) is 69.0 cm³/mol. The highest BCUT2D eigenvalue weighted by molar-refractivity contribution is 6.32. The molecule has 0 aromatic heterocycles. The second-order valence-corrected chi connectivity index (χ2v) is 3.42. The van der Waals surface area contributed by atoms with Gasteiger partial charge in [-0.1, -0.05) is 13.8 Å². The molecule has 0 fully saturated rings. The first-order valence-corrected chi connectivity index (χ1v) is 6.19. The molecule has 0 saturated carbocycles. The molecule has 8 heteroatoms. The smallest absolute Gasteiger partial charge is 0.397 e. The van der Waals surface area contributed by atoms with E-state index in [0.29, 0.717) is 4.90 Å². The number of carbonyl (C=O) groups is 4. The first-order chi connectivity index (χ1) is 9.31. The quantitative estimate of drug-likeness (QED) is 0.535. The molecule has 0 aliphatic heterocycles. The van der Waals surface area contributed by atoms with Crippen LogP contribution in [0.25, 0.3) is 0 Å². The summed E-state index contributed by atoms with van der Waals surface area (Å²) in [5, 5.41) is 17.3. The van der Waals surface area contributed by atoms with Crippen molar-refractivity contribution < 1.29 is 34.1 Å². The number of amides is 1. The maximum Gasteiger partial charge on any atom is 0.397 e. The first-order valence-electron chi connectivity index (χ1n) is 6.19. The average molecular weight is 291 g/mol. The molecule has 0 aromatic rings. The molecular weight excluding hydrogens is 270 g/mol. The van der Waals surface area contributed by atoms with Crippen LogP contribution in [0.2, 0.25) is 0 Å². The first kappa shape index (κ1) is 20.2.